The number of aryl methyl sites for hydroxylation is 1. The number of alkyl carbamates (subject to hydrolysis) is 1. The second-order valence-corrected chi connectivity index (χ2v) is 12.3. The quantitative estimate of drug-likeness (QED) is 0.377. The van der Waals surface area contributed by atoms with Crippen LogP contribution < -0.4 is 5.32 Å². The number of rotatable bonds is 6. The van der Waals surface area contributed by atoms with E-state index >= 15 is 0 Å². The summed E-state index contributed by atoms with van der Waals surface area (Å²) in [7, 11) is 3.31. The Kier molecular flexibility index (Phi) is 6.79. The first-order chi connectivity index (χ1) is 16.0. The molecular formula is C26H32N2O3S2. The lowest BCUT2D eigenvalue weighted by Gasteiger charge is -2.50. The molecule has 3 aliphatic rings. The van der Waals surface area contributed by atoms with Crippen LogP contribution in [0.5, 0.6) is 5.75 Å². The maximum atomic E-state index is 12.5. The van der Waals surface area contributed by atoms with Crippen LogP contribution >= 0.6 is 21.6 Å². The average molecular weight is 485 g/mol. The molecule has 2 N–H and O–H groups in total. The summed E-state index contributed by atoms with van der Waals surface area (Å²) in [4.78, 5) is 16.8. The van der Waals surface area contributed by atoms with Gasteiger partial charge >= 0.3 is 6.09 Å². The molecule has 5 nitrogen and oxygen atoms in total. The average Bonchev–Trinajstić information content (AvgIpc) is 3.15. The van der Waals surface area contributed by atoms with Gasteiger partial charge in [0.2, 0.25) is 0 Å². The minimum absolute atomic E-state index is 0.000196. The lowest BCUT2D eigenvalue weighted by molar-refractivity contribution is -0.0313. The highest BCUT2D eigenvalue weighted by molar-refractivity contribution is 8.76. The summed E-state index contributed by atoms with van der Waals surface area (Å²) in [6, 6.07) is 11.8. The lowest BCUT2D eigenvalue weighted by Crippen LogP contribution is -2.46. The highest BCUT2D eigenvalue weighted by atomic mass is 33.1. The monoisotopic (exact) mass is 484 g/mol. The number of phenols is 1. The third kappa shape index (κ3) is 4.72. The predicted octanol–water partition coefficient (Wildman–Crippen LogP) is 6.18. The maximum Gasteiger partial charge on any atom is 0.407 e. The van der Waals surface area contributed by atoms with Crippen molar-refractivity contribution in [1.29, 1.82) is 0 Å². The molecule has 176 valence electrons. The van der Waals surface area contributed by atoms with E-state index in [0.717, 1.165) is 42.9 Å². The molecule has 33 heavy (non-hydrogen) atoms. The number of ether oxygens (including phenoxy) is 1. The SMILES string of the molecule is CC12CCC3c4ccc(O)cc4CCC3C1CCC2OC(=O)NCCSSc1ccccn1. The van der Waals surface area contributed by atoms with Crippen LogP contribution in [-0.4, -0.2) is 34.6 Å². The Labute approximate surface area is 203 Å². The zero-order chi connectivity index (χ0) is 22.8. The Hall–Kier alpha value is -1.86. The van der Waals surface area contributed by atoms with Crippen molar-refractivity contribution in [2.24, 2.45) is 17.3 Å². The fourth-order valence-corrected chi connectivity index (χ4v) is 8.36. The van der Waals surface area contributed by atoms with E-state index in [4.69, 9.17) is 4.74 Å². The molecule has 1 aromatic heterocycles. The highest BCUT2D eigenvalue weighted by Gasteiger charge is 2.56. The predicted molar refractivity (Wildman–Crippen MR) is 134 cm³/mol. The Bertz CT molecular complexity index is 989. The first kappa shape index (κ1) is 22.9. The van der Waals surface area contributed by atoms with E-state index in [-0.39, 0.29) is 17.6 Å². The molecule has 5 unspecified atom stereocenters. The van der Waals surface area contributed by atoms with Crippen LogP contribution in [0.1, 0.15) is 56.1 Å². The number of amides is 1. The van der Waals surface area contributed by atoms with Crippen molar-refractivity contribution >= 4 is 27.7 Å². The van der Waals surface area contributed by atoms with Crippen LogP contribution in [0.2, 0.25) is 0 Å². The smallest absolute Gasteiger partial charge is 0.407 e. The zero-order valence-corrected chi connectivity index (χ0v) is 20.7. The van der Waals surface area contributed by atoms with Gasteiger partial charge in [-0.3, -0.25) is 0 Å². The molecule has 0 saturated heterocycles. The summed E-state index contributed by atoms with van der Waals surface area (Å²) >= 11 is 0. The van der Waals surface area contributed by atoms with Gasteiger partial charge in [0.15, 0.2) is 0 Å². The fraction of sp³-hybridized carbons (Fsp3) is 0.538. The van der Waals surface area contributed by atoms with Crippen molar-refractivity contribution < 1.29 is 14.6 Å². The van der Waals surface area contributed by atoms with Gasteiger partial charge in [-0.05, 0) is 102 Å². The second-order valence-electron chi connectivity index (χ2n) is 9.81. The standard InChI is InChI=1S/C26H32N2O3S2/c1-26-12-11-20-19-8-6-18(29)16-17(19)5-7-21(20)22(26)9-10-23(26)31-25(30)28-14-15-32-33-24-4-2-3-13-27-24/h2-4,6,8,13,16,20-23,29H,5,7,9-12,14-15H2,1H3,(H,28,30). The van der Waals surface area contributed by atoms with Gasteiger partial charge in [-0.1, -0.05) is 29.9 Å². The van der Waals surface area contributed by atoms with Crippen molar-refractivity contribution in [1.82, 2.24) is 10.3 Å². The molecule has 2 saturated carbocycles. The number of carbonyl (C=O) groups is 1. The van der Waals surface area contributed by atoms with Crippen LogP contribution in [0.3, 0.4) is 0 Å². The minimum Gasteiger partial charge on any atom is -0.508 e. The summed E-state index contributed by atoms with van der Waals surface area (Å²) < 4.78 is 6.00. The summed E-state index contributed by atoms with van der Waals surface area (Å²) in [5.74, 6) is 3.01. The van der Waals surface area contributed by atoms with E-state index in [1.165, 1.54) is 17.5 Å². The minimum atomic E-state index is -0.281. The number of nitrogens with zero attached hydrogens (tertiary/aromatic N) is 1. The van der Waals surface area contributed by atoms with Crippen molar-refractivity contribution in [3.63, 3.8) is 0 Å². The Morgan fingerprint density at radius 2 is 2.15 bits per heavy atom. The van der Waals surface area contributed by atoms with E-state index in [1.54, 1.807) is 27.8 Å². The van der Waals surface area contributed by atoms with Crippen LogP contribution in [0, 0.1) is 17.3 Å². The third-order valence-electron chi connectivity index (χ3n) is 8.11. The van der Waals surface area contributed by atoms with Crippen molar-refractivity contribution in [2.45, 2.75) is 62.5 Å². The Morgan fingerprint density at radius 1 is 1.24 bits per heavy atom. The maximum absolute atomic E-state index is 12.5. The number of benzene rings is 1. The normalized spacial score (nSPS) is 30.1. The van der Waals surface area contributed by atoms with Crippen LogP contribution in [-0.2, 0) is 11.2 Å². The van der Waals surface area contributed by atoms with Gasteiger partial charge in [-0.15, -0.1) is 0 Å². The van der Waals surface area contributed by atoms with E-state index in [2.05, 4.69) is 23.3 Å². The van der Waals surface area contributed by atoms with Crippen LogP contribution in [0.25, 0.3) is 0 Å². The van der Waals surface area contributed by atoms with Crippen molar-refractivity contribution in [2.75, 3.05) is 12.3 Å². The molecule has 5 atom stereocenters. The van der Waals surface area contributed by atoms with E-state index < -0.39 is 0 Å². The second kappa shape index (κ2) is 9.79. The fourth-order valence-electron chi connectivity index (χ4n) is 6.58. The molecule has 2 aromatic rings. The first-order valence-electron chi connectivity index (χ1n) is 12.0. The highest BCUT2D eigenvalue weighted by Crippen LogP contribution is 2.61. The van der Waals surface area contributed by atoms with Gasteiger partial charge < -0.3 is 15.2 Å². The van der Waals surface area contributed by atoms with Crippen LogP contribution in [0.4, 0.5) is 4.79 Å². The Balaban J connectivity index is 1.13. The number of pyridine rings is 1. The number of aromatic hydroxyl groups is 1. The molecule has 1 amide bonds. The Morgan fingerprint density at radius 3 is 3.00 bits per heavy atom. The molecule has 2 fully saturated rings. The number of phenolic OH excluding ortho intramolecular Hbond substituents is 1. The largest absolute Gasteiger partial charge is 0.508 e. The molecule has 0 aliphatic heterocycles. The molecule has 0 spiro atoms. The number of hydrogen-bond donors (Lipinski definition) is 2. The number of aromatic nitrogens is 1. The van der Waals surface area contributed by atoms with Gasteiger partial charge in [0.05, 0.1) is 0 Å². The van der Waals surface area contributed by atoms with Gasteiger partial charge in [0.25, 0.3) is 0 Å². The number of carbonyl (C=O) groups excluding carboxylic acids is 1. The van der Waals surface area contributed by atoms with Gasteiger partial charge in [-0.25, -0.2) is 9.78 Å². The lowest BCUT2D eigenvalue weighted by atomic mass is 9.55. The summed E-state index contributed by atoms with van der Waals surface area (Å²) in [5.41, 5.74) is 2.83. The molecule has 5 rings (SSSR count). The first-order valence-corrected chi connectivity index (χ1v) is 14.3. The van der Waals surface area contributed by atoms with E-state index in [0.29, 0.717) is 30.0 Å². The van der Waals surface area contributed by atoms with Crippen LogP contribution in [0.15, 0.2) is 47.6 Å². The van der Waals surface area contributed by atoms with Crippen molar-refractivity contribution in [3.05, 3.63) is 53.7 Å². The third-order valence-corrected chi connectivity index (χ3v) is 10.4. The molecule has 0 radical (unpaired) electrons. The topological polar surface area (TPSA) is 71.5 Å². The summed E-state index contributed by atoms with van der Waals surface area (Å²) in [6.45, 7) is 2.94. The molecule has 1 aromatic carbocycles. The van der Waals surface area contributed by atoms with Crippen molar-refractivity contribution in [3.8, 4) is 5.75 Å². The molecule has 0 bridgehead atoms. The number of hydrogen-bond acceptors (Lipinski definition) is 6. The van der Waals surface area contributed by atoms with Gasteiger partial charge in [-0.2, -0.15) is 0 Å². The van der Waals surface area contributed by atoms with E-state index in [1.807, 2.05) is 30.3 Å². The zero-order valence-electron chi connectivity index (χ0n) is 19.0. The molecule has 3 aliphatic carbocycles. The van der Waals surface area contributed by atoms with E-state index in [9.17, 15) is 9.90 Å². The number of nitrogens with one attached hydrogen (secondary N) is 1. The molecular weight excluding hydrogens is 452 g/mol. The van der Waals surface area contributed by atoms with Gasteiger partial charge in [0, 0.05) is 23.9 Å². The molecule has 7 heteroatoms. The molecule has 1 heterocycles. The van der Waals surface area contributed by atoms with Gasteiger partial charge in [0.1, 0.15) is 16.9 Å². The number of fused-ring (bicyclic) bond motifs is 5. The summed E-state index contributed by atoms with van der Waals surface area (Å²) in [6.07, 6.45) is 8.05. The summed E-state index contributed by atoms with van der Waals surface area (Å²) in [5, 5.41) is 13.8.